The fraction of sp³-hybridized carbons (Fsp3) is 0.923. The van der Waals surface area contributed by atoms with Gasteiger partial charge in [0.15, 0.2) is 0 Å². The molecule has 0 aromatic rings. The van der Waals surface area contributed by atoms with Crippen LogP contribution < -0.4 is 10.6 Å². The van der Waals surface area contributed by atoms with Gasteiger partial charge in [0.05, 0.1) is 6.54 Å². The maximum absolute atomic E-state index is 13.0. The summed E-state index contributed by atoms with van der Waals surface area (Å²) in [6.07, 6.45) is 0.727. The van der Waals surface area contributed by atoms with Crippen LogP contribution in [0.3, 0.4) is 0 Å². The molecule has 110 valence electrons. The Kier molecular flexibility index (Phi) is 4.71. The first kappa shape index (κ1) is 14.6. The minimum absolute atomic E-state index is 0.0181. The smallest absolute Gasteiger partial charge is 0.343 e. The van der Waals surface area contributed by atoms with Crippen LogP contribution in [0.5, 0.6) is 0 Å². The number of carbonyl (C=O) groups excluding carboxylic acids is 1. The van der Waals surface area contributed by atoms with Gasteiger partial charge in [-0.1, -0.05) is 12.8 Å². The summed E-state index contributed by atoms with van der Waals surface area (Å²) in [5.74, 6) is -0.386. The highest BCUT2D eigenvalue weighted by molar-refractivity contribution is 5.78. The Morgan fingerprint density at radius 3 is 2.32 bits per heavy atom. The van der Waals surface area contributed by atoms with Crippen LogP contribution in [-0.2, 0) is 4.79 Å². The second-order valence-electron chi connectivity index (χ2n) is 5.71. The summed E-state index contributed by atoms with van der Waals surface area (Å²) in [5, 5.41) is 5.08. The standard InChI is InChI=1S/C13H21F3N2O/c14-13(15,16)12(10-3-1-2-4-10)18-11(19)8-17-7-9-5-6-9/h9-10,12,17H,1-8H2,(H,18,19). The Labute approximate surface area is 111 Å². The van der Waals surface area contributed by atoms with E-state index >= 15 is 0 Å². The maximum Gasteiger partial charge on any atom is 0.408 e. The third kappa shape index (κ3) is 4.67. The normalized spacial score (nSPS) is 22.5. The average Bonchev–Trinajstić information content (AvgIpc) is 2.98. The number of amides is 1. The molecular weight excluding hydrogens is 257 g/mol. The molecule has 1 amide bonds. The lowest BCUT2D eigenvalue weighted by atomic mass is 9.97. The first-order valence-corrected chi connectivity index (χ1v) is 7.03. The Balaban J connectivity index is 1.78. The molecule has 2 aliphatic rings. The Morgan fingerprint density at radius 2 is 1.79 bits per heavy atom. The van der Waals surface area contributed by atoms with Crippen molar-refractivity contribution in [3.8, 4) is 0 Å². The van der Waals surface area contributed by atoms with Gasteiger partial charge in [0.2, 0.25) is 5.91 Å². The molecule has 0 radical (unpaired) electrons. The predicted octanol–water partition coefficient (Wildman–Crippen LogP) is 2.22. The van der Waals surface area contributed by atoms with E-state index in [-0.39, 0.29) is 6.54 Å². The Morgan fingerprint density at radius 1 is 1.16 bits per heavy atom. The molecule has 2 N–H and O–H groups in total. The molecule has 0 aromatic carbocycles. The van der Waals surface area contributed by atoms with Crippen molar-refractivity contribution in [3.05, 3.63) is 0 Å². The van der Waals surface area contributed by atoms with Crippen LogP contribution in [0.1, 0.15) is 38.5 Å². The van der Waals surface area contributed by atoms with Gasteiger partial charge in [-0.25, -0.2) is 0 Å². The Hall–Kier alpha value is -0.780. The molecule has 0 saturated heterocycles. The van der Waals surface area contributed by atoms with E-state index in [9.17, 15) is 18.0 Å². The monoisotopic (exact) mass is 278 g/mol. The van der Waals surface area contributed by atoms with E-state index in [0.29, 0.717) is 18.8 Å². The highest BCUT2D eigenvalue weighted by Gasteiger charge is 2.46. The quantitative estimate of drug-likeness (QED) is 0.782. The number of nitrogens with one attached hydrogen (secondary N) is 2. The van der Waals surface area contributed by atoms with Crippen molar-refractivity contribution < 1.29 is 18.0 Å². The summed E-state index contributed by atoms with van der Waals surface area (Å²) in [4.78, 5) is 11.6. The zero-order valence-electron chi connectivity index (χ0n) is 10.9. The summed E-state index contributed by atoms with van der Waals surface area (Å²) in [5.41, 5.74) is 0. The number of hydrogen-bond acceptors (Lipinski definition) is 2. The molecule has 0 bridgehead atoms. The molecule has 6 heteroatoms. The van der Waals surface area contributed by atoms with Crippen molar-refractivity contribution in [3.63, 3.8) is 0 Å². The van der Waals surface area contributed by atoms with E-state index in [2.05, 4.69) is 10.6 Å². The summed E-state index contributed by atoms with van der Waals surface area (Å²) in [7, 11) is 0. The topological polar surface area (TPSA) is 41.1 Å². The minimum Gasteiger partial charge on any atom is -0.343 e. The van der Waals surface area contributed by atoms with Gasteiger partial charge in [-0.05, 0) is 44.1 Å². The van der Waals surface area contributed by atoms with E-state index in [1.165, 1.54) is 0 Å². The highest BCUT2D eigenvalue weighted by atomic mass is 19.4. The SMILES string of the molecule is O=C(CNCC1CC1)NC(C1CCCC1)C(F)(F)F. The van der Waals surface area contributed by atoms with Crippen LogP contribution in [0.25, 0.3) is 0 Å². The number of halogens is 3. The van der Waals surface area contributed by atoms with Crippen molar-refractivity contribution in [2.24, 2.45) is 11.8 Å². The fourth-order valence-corrected chi connectivity index (χ4v) is 2.69. The predicted molar refractivity (Wildman–Crippen MR) is 65.5 cm³/mol. The second kappa shape index (κ2) is 6.11. The zero-order chi connectivity index (χ0) is 13.9. The molecule has 2 fully saturated rings. The highest BCUT2D eigenvalue weighted by Crippen LogP contribution is 2.35. The van der Waals surface area contributed by atoms with Crippen molar-refractivity contribution >= 4 is 5.91 Å². The maximum atomic E-state index is 13.0. The Bertz CT molecular complexity index is 310. The van der Waals surface area contributed by atoms with Crippen LogP contribution in [0, 0.1) is 11.8 Å². The molecule has 1 unspecified atom stereocenters. The van der Waals surface area contributed by atoms with Crippen molar-refractivity contribution in [2.75, 3.05) is 13.1 Å². The number of carbonyl (C=O) groups is 1. The zero-order valence-corrected chi connectivity index (χ0v) is 10.9. The lowest BCUT2D eigenvalue weighted by molar-refractivity contribution is -0.171. The van der Waals surface area contributed by atoms with Crippen LogP contribution in [-0.4, -0.2) is 31.2 Å². The lowest BCUT2D eigenvalue weighted by Crippen LogP contribution is -2.51. The molecule has 0 heterocycles. The molecule has 2 saturated carbocycles. The molecule has 2 rings (SSSR count). The molecule has 0 spiro atoms. The van der Waals surface area contributed by atoms with Crippen LogP contribution in [0.15, 0.2) is 0 Å². The molecule has 3 nitrogen and oxygen atoms in total. The van der Waals surface area contributed by atoms with E-state index < -0.39 is 24.0 Å². The summed E-state index contributed by atoms with van der Waals surface area (Å²) >= 11 is 0. The van der Waals surface area contributed by atoms with Gasteiger partial charge in [0.25, 0.3) is 0 Å². The van der Waals surface area contributed by atoms with Crippen molar-refractivity contribution in [2.45, 2.75) is 50.7 Å². The van der Waals surface area contributed by atoms with E-state index in [1.54, 1.807) is 0 Å². The van der Waals surface area contributed by atoms with Gasteiger partial charge in [0.1, 0.15) is 6.04 Å². The average molecular weight is 278 g/mol. The summed E-state index contributed by atoms with van der Waals surface area (Å²) < 4.78 is 38.9. The van der Waals surface area contributed by atoms with Crippen LogP contribution in [0.2, 0.25) is 0 Å². The largest absolute Gasteiger partial charge is 0.408 e. The molecule has 1 atom stereocenters. The van der Waals surface area contributed by atoms with Gasteiger partial charge in [-0.15, -0.1) is 0 Å². The fourth-order valence-electron chi connectivity index (χ4n) is 2.69. The third-order valence-corrected chi connectivity index (χ3v) is 3.96. The second-order valence-corrected chi connectivity index (χ2v) is 5.71. The molecule has 0 aromatic heterocycles. The van der Waals surface area contributed by atoms with E-state index in [0.717, 1.165) is 32.2 Å². The van der Waals surface area contributed by atoms with Gasteiger partial charge >= 0.3 is 6.18 Å². The summed E-state index contributed by atoms with van der Waals surface area (Å²) in [6.45, 7) is 0.712. The molecule has 0 aliphatic heterocycles. The molecular formula is C13H21F3N2O. The lowest BCUT2D eigenvalue weighted by Gasteiger charge is -2.27. The summed E-state index contributed by atoms with van der Waals surface area (Å²) in [6, 6.07) is -1.68. The first-order chi connectivity index (χ1) is 8.97. The number of alkyl halides is 3. The first-order valence-electron chi connectivity index (χ1n) is 7.03. The van der Waals surface area contributed by atoms with Gasteiger partial charge < -0.3 is 10.6 Å². The third-order valence-electron chi connectivity index (χ3n) is 3.96. The molecule has 2 aliphatic carbocycles. The van der Waals surface area contributed by atoms with Crippen LogP contribution in [0.4, 0.5) is 13.2 Å². The van der Waals surface area contributed by atoms with Gasteiger partial charge in [-0.2, -0.15) is 13.2 Å². The van der Waals surface area contributed by atoms with Gasteiger partial charge in [-0.3, -0.25) is 4.79 Å². The van der Waals surface area contributed by atoms with Crippen molar-refractivity contribution in [1.82, 2.24) is 10.6 Å². The van der Waals surface area contributed by atoms with E-state index in [1.807, 2.05) is 0 Å². The van der Waals surface area contributed by atoms with Crippen molar-refractivity contribution in [1.29, 1.82) is 0 Å². The van der Waals surface area contributed by atoms with E-state index in [4.69, 9.17) is 0 Å². The minimum atomic E-state index is -4.35. The number of hydrogen-bond donors (Lipinski definition) is 2. The number of rotatable bonds is 6. The van der Waals surface area contributed by atoms with Gasteiger partial charge in [0, 0.05) is 0 Å². The molecule has 19 heavy (non-hydrogen) atoms. The van der Waals surface area contributed by atoms with Crippen LogP contribution >= 0.6 is 0 Å².